The first kappa shape index (κ1) is 19.7. The molecule has 0 aliphatic rings. The van der Waals surface area contributed by atoms with Gasteiger partial charge in [-0.15, -0.1) is 0 Å². The molecule has 0 radical (unpaired) electrons. The summed E-state index contributed by atoms with van der Waals surface area (Å²) in [6, 6.07) is 13.6. The number of nitrogens with one attached hydrogen (secondary N) is 1. The molecular formula is C21H21F3N4. The second-order valence-electron chi connectivity index (χ2n) is 6.75. The Hall–Kier alpha value is -3.09. The molecule has 4 nitrogen and oxygen atoms in total. The van der Waals surface area contributed by atoms with Crippen LogP contribution in [0.5, 0.6) is 0 Å². The van der Waals surface area contributed by atoms with Crippen LogP contribution in [0, 0.1) is 24.4 Å². The van der Waals surface area contributed by atoms with Crippen molar-refractivity contribution in [3.63, 3.8) is 0 Å². The van der Waals surface area contributed by atoms with E-state index in [0.717, 1.165) is 17.7 Å². The number of hydrogen-bond acceptors (Lipinski definition) is 4. The Morgan fingerprint density at radius 3 is 2.36 bits per heavy atom. The molecule has 0 spiro atoms. The number of aromatic nitrogens is 2. The van der Waals surface area contributed by atoms with Crippen LogP contribution in [0.25, 0.3) is 0 Å². The summed E-state index contributed by atoms with van der Waals surface area (Å²) in [5, 5.41) is 2.72. The van der Waals surface area contributed by atoms with Gasteiger partial charge < -0.3 is 10.2 Å². The first-order valence-corrected chi connectivity index (χ1v) is 8.92. The molecule has 28 heavy (non-hydrogen) atoms. The van der Waals surface area contributed by atoms with Gasteiger partial charge in [-0.25, -0.2) is 18.2 Å². The van der Waals surface area contributed by atoms with Crippen molar-refractivity contribution in [3.8, 4) is 0 Å². The van der Waals surface area contributed by atoms with Crippen LogP contribution in [0.3, 0.4) is 0 Å². The highest BCUT2D eigenvalue weighted by Crippen LogP contribution is 2.25. The second kappa shape index (κ2) is 8.29. The van der Waals surface area contributed by atoms with Gasteiger partial charge in [0.1, 0.15) is 5.82 Å². The topological polar surface area (TPSA) is 41.1 Å². The van der Waals surface area contributed by atoms with E-state index in [1.165, 1.54) is 0 Å². The van der Waals surface area contributed by atoms with E-state index in [0.29, 0.717) is 24.0 Å². The summed E-state index contributed by atoms with van der Waals surface area (Å²) in [5.41, 5.74) is 1.57. The van der Waals surface area contributed by atoms with Crippen molar-refractivity contribution >= 4 is 17.5 Å². The van der Waals surface area contributed by atoms with E-state index in [-0.39, 0.29) is 11.7 Å². The van der Waals surface area contributed by atoms with E-state index >= 15 is 0 Å². The summed E-state index contributed by atoms with van der Waals surface area (Å²) in [5.74, 6) is -3.29. The van der Waals surface area contributed by atoms with E-state index in [1.807, 2.05) is 49.1 Å². The zero-order valence-corrected chi connectivity index (χ0v) is 15.9. The van der Waals surface area contributed by atoms with Gasteiger partial charge >= 0.3 is 0 Å². The number of hydrogen-bond donors (Lipinski definition) is 1. The Bertz CT molecular complexity index is 961. The van der Waals surface area contributed by atoms with E-state index in [2.05, 4.69) is 15.3 Å². The number of rotatable bonds is 6. The number of anilines is 3. The van der Waals surface area contributed by atoms with Crippen LogP contribution in [0.4, 0.5) is 30.6 Å². The molecular weight excluding hydrogens is 365 g/mol. The van der Waals surface area contributed by atoms with E-state index in [4.69, 9.17) is 0 Å². The minimum atomic E-state index is -1.52. The van der Waals surface area contributed by atoms with Crippen molar-refractivity contribution in [2.75, 3.05) is 10.2 Å². The van der Waals surface area contributed by atoms with Gasteiger partial charge in [0.05, 0.1) is 5.69 Å². The first-order valence-electron chi connectivity index (χ1n) is 8.92. The molecule has 0 aliphatic carbocycles. The minimum absolute atomic E-state index is 0.106. The molecule has 0 saturated heterocycles. The summed E-state index contributed by atoms with van der Waals surface area (Å²) < 4.78 is 40.6. The molecule has 0 atom stereocenters. The van der Waals surface area contributed by atoms with Crippen LogP contribution >= 0.6 is 0 Å². The minimum Gasteiger partial charge on any atom is -0.338 e. The fraction of sp³-hybridized carbons (Fsp3) is 0.238. The summed E-state index contributed by atoms with van der Waals surface area (Å²) in [6.07, 6.45) is 0. The van der Waals surface area contributed by atoms with Gasteiger partial charge in [-0.1, -0.05) is 30.3 Å². The van der Waals surface area contributed by atoms with Gasteiger partial charge in [0, 0.05) is 24.3 Å². The smallest absolute Gasteiger partial charge is 0.228 e. The Labute approximate surface area is 162 Å². The summed E-state index contributed by atoms with van der Waals surface area (Å²) in [7, 11) is 0. The third kappa shape index (κ3) is 4.42. The van der Waals surface area contributed by atoms with Gasteiger partial charge in [0.15, 0.2) is 17.5 Å². The molecule has 0 fully saturated rings. The highest BCUT2D eigenvalue weighted by atomic mass is 19.2. The average Bonchev–Trinajstić information content (AvgIpc) is 2.67. The van der Waals surface area contributed by atoms with E-state index < -0.39 is 17.5 Å². The molecule has 7 heteroatoms. The molecule has 1 heterocycles. The number of nitrogens with zero attached hydrogens (tertiary/aromatic N) is 3. The summed E-state index contributed by atoms with van der Waals surface area (Å²) >= 11 is 0. The van der Waals surface area contributed by atoms with E-state index in [9.17, 15) is 13.2 Å². The monoisotopic (exact) mass is 386 g/mol. The highest BCUT2D eigenvalue weighted by molar-refractivity contribution is 5.58. The largest absolute Gasteiger partial charge is 0.338 e. The van der Waals surface area contributed by atoms with Gasteiger partial charge in [-0.05, 0) is 38.5 Å². The lowest BCUT2D eigenvalue weighted by Gasteiger charge is -2.27. The van der Waals surface area contributed by atoms with Crippen molar-refractivity contribution in [2.45, 2.75) is 33.4 Å². The molecule has 0 bridgehead atoms. The number of halogens is 3. The SMILES string of the molecule is Cc1cc(Nc2ccc(F)c(F)c2F)nc(N(Cc2ccccc2)C(C)C)n1. The van der Waals surface area contributed by atoms with Crippen LogP contribution in [-0.4, -0.2) is 16.0 Å². The van der Waals surface area contributed by atoms with Crippen LogP contribution < -0.4 is 10.2 Å². The Kier molecular flexibility index (Phi) is 5.82. The summed E-state index contributed by atoms with van der Waals surface area (Å²) in [6.45, 7) is 6.44. The Morgan fingerprint density at radius 1 is 0.964 bits per heavy atom. The molecule has 3 aromatic rings. The molecule has 0 amide bonds. The van der Waals surface area contributed by atoms with Crippen molar-refractivity contribution in [3.05, 3.63) is 77.2 Å². The van der Waals surface area contributed by atoms with Crippen LogP contribution in [0.15, 0.2) is 48.5 Å². The van der Waals surface area contributed by atoms with Crippen molar-refractivity contribution in [1.82, 2.24) is 9.97 Å². The number of aryl methyl sites for hydroxylation is 1. The maximum Gasteiger partial charge on any atom is 0.228 e. The Balaban J connectivity index is 1.92. The molecule has 0 unspecified atom stereocenters. The quantitative estimate of drug-likeness (QED) is 0.579. The van der Waals surface area contributed by atoms with Crippen LogP contribution in [-0.2, 0) is 6.54 Å². The van der Waals surface area contributed by atoms with Gasteiger partial charge in [0.2, 0.25) is 5.95 Å². The number of benzene rings is 2. The zero-order chi connectivity index (χ0) is 20.3. The standard InChI is InChI=1S/C21H21F3N4/c1-13(2)28(12-15-7-5-4-6-8-15)21-25-14(3)11-18(27-21)26-17-10-9-16(22)19(23)20(17)24/h4-11,13H,12H2,1-3H3,(H,25,26,27). The summed E-state index contributed by atoms with van der Waals surface area (Å²) in [4.78, 5) is 11.0. The lowest BCUT2D eigenvalue weighted by atomic mass is 10.2. The fourth-order valence-corrected chi connectivity index (χ4v) is 2.77. The Morgan fingerprint density at radius 2 is 1.68 bits per heavy atom. The van der Waals surface area contributed by atoms with Crippen LogP contribution in [0.1, 0.15) is 25.1 Å². The van der Waals surface area contributed by atoms with Crippen molar-refractivity contribution in [2.24, 2.45) is 0 Å². The lowest BCUT2D eigenvalue weighted by Crippen LogP contribution is -2.32. The molecule has 146 valence electrons. The molecule has 0 saturated carbocycles. The third-order valence-electron chi connectivity index (χ3n) is 4.22. The van der Waals surface area contributed by atoms with Gasteiger partial charge in [-0.3, -0.25) is 0 Å². The molecule has 3 rings (SSSR count). The zero-order valence-electron chi connectivity index (χ0n) is 15.9. The predicted octanol–water partition coefficient (Wildman–Crippen LogP) is 5.36. The van der Waals surface area contributed by atoms with E-state index in [1.54, 1.807) is 13.0 Å². The highest BCUT2D eigenvalue weighted by Gasteiger charge is 2.17. The normalized spacial score (nSPS) is 11.0. The maximum absolute atomic E-state index is 14.0. The van der Waals surface area contributed by atoms with Crippen molar-refractivity contribution < 1.29 is 13.2 Å². The average molecular weight is 386 g/mol. The molecule has 0 aliphatic heterocycles. The molecule has 1 aromatic heterocycles. The van der Waals surface area contributed by atoms with Gasteiger partial charge in [0.25, 0.3) is 0 Å². The third-order valence-corrected chi connectivity index (χ3v) is 4.22. The van der Waals surface area contributed by atoms with Crippen molar-refractivity contribution in [1.29, 1.82) is 0 Å². The van der Waals surface area contributed by atoms with Crippen LogP contribution in [0.2, 0.25) is 0 Å². The second-order valence-corrected chi connectivity index (χ2v) is 6.75. The predicted molar refractivity (Wildman–Crippen MR) is 104 cm³/mol. The fourth-order valence-electron chi connectivity index (χ4n) is 2.77. The first-order chi connectivity index (χ1) is 13.3. The maximum atomic E-state index is 14.0. The lowest BCUT2D eigenvalue weighted by molar-refractivity contribution is 0.449. The van der Waals surface area contributed by atoms with Gasteiger partial charge in [-0.2, -0.15) is 4.98 Å². The molecule has 2 aromatic carbocycles. The molecule has 1 N–H and O–H groups in total.